The van der Waals surface area contributed by atoms with Gasteiger partial charge in [0.1, 0.15) is 11.9 Å². The Morgan fingerprint density at radius 1 is 1.27 bits per heavy atom. The zero-order chi connectivity index (χ0) is 10.7. The number of allylic oxidation sites excluding steroid dienone is 1. The number of aliphatic hydroxyl groups excluding tert-OH is 1. The summed E-state index contributed by atoms with van der Waals surface area (Å²) in [7, 11) is 0. The molecule has 1 unspecified atom stereocenters. The number of hydrogen-bond acceptors (Lipinski definition) is 2. The molecule has 2 nitrogen and oxygen atoms in total. The predicted molar refractivity (Wildman–Crippen MR) is 59.4 cm³/mol. The van der Waals surface area contributed by atoms with E-state index in [4.69, 9.17) is 4.74 Å². The molecule has 0 bridgehead atoms. The molecule has 0 amide bonds. The lowest BCUT2D eigenvalue weighted by molar-refractivity contribution is 0.0918. The van der Waals surface area contributed by atoms with E-state index in [2.05, 4.69) is 0 Å². The third-order valence-electron chi connectivity index (χ3n) is 2.63. The first-order valence-electron chi connectivity index (χ1n) is 5.35. The summed E-state index contributed by atoms with van der Waals surface area (Å²) in [5, 5.41) is 10.0. The van der Waals surface area contributed by atoms with Crippen molar-refractivity contribution >= 4 is 0 Å². The lowest BCUT2D eigenvalue weighted by Crippen LogP contribution is -2.09. The molecule has 15 heavy (non-hydrogen) atoms. The molecule has 1 aliphatic rings. The van der Waals surface area contributed by atoms with Crippen molar-refractivity contribution in [2.45, 2.75) is 25.9 Å². The Bertz CT molecular complexity index is 351. The Labute approximate surface area is 90.2 Å². The zero-order valence-corrected chi connectivity index (χ0v) is 8.94. The van der Waals surface area contributed by atoms with Crippen LogP contribution in [0.1, 0.15) is 30.1 Å². The molecular weight excluding hydrogens is 188 g/mol. The van der Waals surface area contributed by atoms with Crippen molar-refractivity contribution in [1.29, 1.82) is 0 Å². The van der Waals surface area contributed by atoms with Crippen LogP contribution >= 0.6 is 0 Å². The van der Waals surface area contributed by atoms with Gasteiger partial charge in [-0.05, 0) is 31.4 Å². The SMILES string of the molecule is Cc1ccc(C(O)C2=CCCCO2)cc1. The van der Waals surface area contributed by atoms with Gasteiger partial charge in [-0.2, -0.15) is 0 Å². The van der Waals surface area contributed by atoms with Crippen molar-refractivity contribution in [1.82, 2.24) is 0 Å². The second kappa shape index (κ2) is 4.49. The van der Waals surface area contributed by atoms with Crippen LogP contribution in [0, 0.1) is 6.92 Å². The van der Waals surface area contributed by atoms with Crippen molar-refractivity contribution in [3.05, 3.63) is 47.2 Å². The van der Waals surface area contributed by atoms with Gasteiger partial charge < -0.3 is 9.84 Å². The van der Waals surface area contributed by atoms with Crippen LogP contribution in [-0.2, 0) is 4.74 Å². The van der Waals surface area contributed by atoms with Gasteiger partial charge in [0.15, 0.2) is 0 Å². The molecule has 1 aromatic rings. The topological polar surface area (TPSA) is 29.5 Å². The van der Waals surface area contributed by atoms with Gasteiger partial charge in [0.05, 0.1) is 6.61 Å². The Balaban J connectivity index is 2.16. The van der Waals surface area contributed by atoms with Gasteiger partial charge in [-0.3, -0.25) is 0 Å². The maximum Gasteiger partial charge on any atom is 0.136 e. The molecule has 0 radical (unpaired) electrons. The smallest absolute Gasteiger partial charge is 0.136 e. The minimum Gasteiger partial charge on any atom is -0.495 e. The summed E-state index contributed by atoms with van der Waals surface area (Å²) >= 11 is 0. The van der Waals surface area contributed by atoms with E-state index in [9.17, 15) is 5.11 Å². The van der Waals surface area contributed by atoms with Crippen LogP contribution in [0.15, 0.2) is 36.1 Å². The highest BCUT2D eigenvalue weighted by atomic mass is 16.5. The molecule has 0 saturated carbocycles. The number of aryl methyl sites for hydroxylation is 1. The number of rotatable bonds is 2. The van der Waals surface area contributed by atoms with Crippen molar-refractivity contribution in [2.24, 2.45) is 0 Å². The molecule has 1 aliphatic heterocycles. The van der Waals surface area contributed by atoms with Gasteiger partial charge in [0.25, 0.3) is 0 Å². The highest BCUT2D eigenvalue weighted by Gasteiger charge is 2.16. The molecule has 1 atom stereocenters. The van der Waals surface area contributed by atoms with Crippen molar-refractivity contribution in [3.63, 3.8) is 0 Å². The maximum atomic E-state index is 10.0. The Hall–Kier alpha value is -1.28. The first kappa shape index (κ1) is 10.2. The summed E-state index contributed by atoms with van der Waals surface area (Å²) in [4.78, 5) is 0. The summed E-state index contributed by atoms with van der Waals surface area (Å²) < 4.78 is 5.44. The van der Waals surface area contributed by atoms with Crippen LogP contribution in [0.5, 0.6) is 0 Å². The van der Waals surface area contributed by atoms with Gasteiger partial charge >= 0.3 is 0 Å². The van der Waals surface area contributed by atoms with E-state index in [1.807, 2.05) is 37.3 Å². The average Bonchev–Trinajstić information content (AvgIpc) is 2.30. The lowest BCUT2D eigenvalue weighted by atomic mass is 10.0. The molecule has 0 aliphatic carbocycles. The van der Waals surface area contributed by atoms with E-state index in [1.54, 1.807) is 0 Å². The van der Waals surface area contributed by atoms with Crippen LogP contribution in [0.25, 0.3) is 0 Å². The maximum absolute atomic E-state index is 10.0. The predicted octanol–water partition coefficient (Wildman–Crippen LogP) is 2.72. The van der Waals surface area contributed by atoms with Gasteiger partial charge in [-0.1, -0.05) is 29.8 Å². The molecule has 0 spiro atoms. The number of ether oxygens (including phenoxy) is 1. The van der Waals surface area contributed by atoms with Crippen LogP contribution in [0.4, 0.5) is 0 Å². The summed E-state index contributed by atoms with van der Waals surface area (Å²) in [5.41, 5.74) is 2.10. The number of aliphatic hydroxyl groups is 1. The first-order chi connectivity index (χ1) is 7.27. The minimum absolute atomic E-state index is 0.606. The number of benzene rings is 1. The summed E-state index contributed by atoms with van der Waals surface area (Å²) in [6.45, 7) is 2.75. The van der Waals surface area contributed by atoms with Crippen LogP contribution < -0.4 is 0 Å². The summed E-state index contributed by atoms with van der Waals surface area (Å²) in [6, 6.07) is 7.89. The normalized spacial score (nSPS) is 17.9. The van der Waals surface area contributed by atoms with E-state index in [0.717, 1.165) is 25.0 Å². The molecular formula is C13H16O2. The second-order valence-corrected chi connectivity index (χ2v) is 3.91. The van der Waals surface area contributed by atoms with Crippen LogP contribution in [0.2, 0.25) is 0 Å². The Kier molecular flexibility index (Phi) is 3.07. The first-order valence-corrected chi connectivity index (χ1v) is 5.35. The Morgan fingerprint density at radius 2 is 2.00 bits per heavy atom. The molecule has 0 fully saturated rings. The number of hydrogen-bond donors (Lipinski definition) is 1. The fourth-order valence-corrected chi connectivity index (χ4v) is 1.68. The van der Waals surface area contributed by atoms with E-state index < -0.39 is 6.10 Å². The van der Waals surface area contributed by atoms with Crippen molar-refractivity contribution in [2.75, 3.05) is 6.61 Å². The van der Waals surface area contributed by atoms with Crippen molar-refractivity contribution < 1.29 is 9.84 Å². The lowest BCUT2D eigenvalue weighted by Gasteiger charge is -2.20. The van der Waals surface area contributed by atoms with E-state index >= 15 is 0 Å². The average molecular weight is 204 g/mol. The standard InChI is InChI=1S/C13H16O2/c1-10-5-7-11(8-6-10)13(14)12-4-2-3-9-15-12/h4-8,13-14H,2-3,9H2,1H3. The molecule has 1 aromatic carbocycles. The monoisotopic (exact) mass is 204 g/mol. The highest BCUT2D eigenvalue weighted by Crippen LogP contribution is 2.25. The quantitative estimate of drug-likeness (QED) is 0.802. The third kappa shape index (κ3) is 2.39. The summed E-state index contributed by atoms with van der Waals surface area (Å²) in [6.07, 6.45) is 3.42. The molecule has 2 heteroatoms. The third-order valence-corrected chi connectivity index (χ3v) is 2.63. The van der Waals surface area contributed by atoms with Gasteiger partial charge in [0, 0.05) is 0 Å². The molecule has 1 N–H and O–H groups in total. The molecule has 0 saturated heterocycles. The second-order valence-electron chi connectivity index (χ2n) is 3.91. The highest BCUT2D eigenvalue weighted by molar-refractivity contribution is 5.27. The largest absolute Gasteiger partial charge is 0.495 e. The molecule has 2 rings (SSSR count). The summed E-state index contributed by atoms with van der Waals surface area (Å²) in [5.74, 6) is 0.699. The van der Waals surface area contributed by atoms with E-state index in [0.29, 0.717) is 5.76 Å². The van der Waals surface area contributed by atoms with Gasteiger partial charge in [0.2, 0.25) is 0 Å². The minimum atomic E-state index is -0.606. The van der Waals surface area contributed by atoms with Crippen molar-refractivity contribution in [3.8, 4) is 0 Å². The zero-order valence-electron chi connectivity index (χ0n) is 8.94. The van der Waals surface area contributed by atoms with Gasteiger partial charge in [-0.15, -0.1) is 0 Å². The van der Waals surface area contributed by atoms with Crippen LogP contribution in [0.3, 0.4) is 0 Å². The van der Waals surface area contributed by atoms with Crippen LogP contribution in [-0.4, -0.2) is 11.7 Å². The van der Waals surface area contributed by atoms with E-state index in [-0.39, 0.29) is 0 Å². The fraction of sp³-hybridized carbons (Fsp3) is 0.385. The molecule has 0 aromatic heterocycles. The molecule has 1 heterocycles. The fourth-order valence-electron chi connectivity index (χ4n) is 1.68. The Morgan fingerprint density at radius 3 is 2.60 bits per heavy atom. The molecule has 80 valence electrons. The van der Waals surface area contributed by atoms with E-state index in [1.165, 1.54) is 5.56 Å². The van der Waals surface area contributed by atoms with Gasteiger partial charge in [-0.25, -0.2) is 0 Å².